The summed E-state index contributed by atoms with van der Waals surface area (Å²) in [5, 5.41) is 8.82. The highest BCUT2D eigenvalue weighted by atomic mass is 16.2. The van der Waals surface area contributed by atoms with Crippen molar-refractivity contribution in [1.29, 1.82) is 0 Å². The van der Waals surface area contributed by atoms with Crippen LogP contribution >= 0.6 is 0 Å². The van der Waals surface area contributed by atoms with Crippen LogP contribution in [0, 0.1) is 5.92 Å². The zero-order chi connectivity index (χ0) is 15.1. The second-order valence-electron chi connectivity index (χ2n) is 5.45. The van der Waals surface area contributed by atoms with E-state index in [1.54, 1.807) is 19.2 Å². The van der Waals surface area contributed by atoms with Crippen LogP contribution in [0.4, 0.5) is 0 Å². The minimum Gasteiger partial charge on any atom is -0.355 e. The van der Waals surface area contributed by atoms with Crippen LogP contribution in [0.15, 0.2) is 24.3 Å². The lowest BCUT2D eigenvalue weighted by Crippen LogP contribution is -2.24. The Morgan fingerprint density at radius 3 is 2.95 bits per heavy atom. The third-order valence-corrected chi connectivity index (χ3v) is 3.85. The van der Waals surface area contributed by atoms with Crippen molar-refractivity contribution in [2.24, 2.45) is 5.92 Å². The maximum Gasteiger partial charge on any atom is 0.251 e. The quantitative estimate of drug-likeness (QED) is 0.733. The summed E-state index contributed by atoms with van der Waals surface area (Å²) < 4.78 is 0. The molecule has 0 saturated carbocycles. The van der Waals surface area contributed by atoms with Gasteiger partial charge in [0, 0.05) is 25.6 Å². The average molecular weight is 289 g/mol. The molecule has 1 aliphatic heterocycles. The van der Waals surface area contributed by atoms with Crippen LogP contribution in [0.1, 0.15) is 35.2 Å². The highest BCUT2D eigenvalue weighted by molar-refractivity contribution is 5.94. The number of hydrogen-bond acceptors (Lipinski definition) is 3. The molecule has 1 aromatic carbocycles. The normalized spacial score (nSPS) is 17.5. The summed E-state index contributed by atoms with van der Waals surface area (Å²) in [7, 11) is 1.61. The zero-order valence-electron chi connectivity index (χ0n) is 12.4. The number of benzene rings is 1. The second-order valence-corrected chi connectivity index (χ2v) is 5.45. The molecule has 1 aromatic rings. The molecule has 0 radical (unpaired) electrons. The van der Waals surface area contributed by atoms with Crippen LogP contribution < -0.4 is 16.0 Å². The van der Waals surface area contributed by atoms with E-state index in [-0.39, 0.29) is 11.8 Å². The molecule has 0 aromatic heterocycles. The third kappa shape index (κ3) is 4.86. The molecule has 1 aliphatic rings. The summed E-state index contributed by atoms with van der Waals surface area (Å²) >= 11 is 0. The predicted molar refractivity (Wildman–Crippen MR) is 81.9 cm³/mol. The number of carbonyl (C=O) groups is 2. The molecule has 0 bridgehead atoms. The summed E-state index contributed by atoms with van der Waals surface area (Å²) in [6, 6.07) is 7.31. The smallest absolute Gasteiger partial charge is 0.251 e. The van der Waals surface area contributed by atoms with Crippen LogP contribution in [0.3, 0.4) is 0 Å². The standard InChI is InChI=1S/C16H23N3O2/c1-17-16(21)14-4-2-3-13(9-14)11-19-15(20)6-5-12-7-8-18-10-12/h2-4,9,12,18H,5-8,10-11H2,1H3,(H,17,21)(H,19,20). The van der Waals surface area contributed by atoms with E-state index in [0.29, 0.717) is 24.4 Å². The van der Waals surface area contributed by atoms with E-state index in [4.69, 9.17) is 0 Å². The largest absolute Gasteiger partial charge is 0.355 e. The van der Waals surface area contributed by atoms with Crippen molar-refractivity contribution in [3.8, 4) is 0 Å². The van der Waals surface area contributed by atoms with Gasteiger partial charge in [-0.25, -0.2) is 0 Å². The predicted octanol–water partition coefficient (Wildman–Crippen LogP) is 1.05. The average Bonchev–Trinajstić information content (AvgIpc) is 3.04. The fourth-order valence-corrected chi connectivity index (χ4v) is 2.55. The van der Waals surface area contributed by atoms with Crippen molar-refractivity contribution in [3.05, 3.63) is 35.4 Å². The zero-order valence-corrected chi connectivity index (χ0v) is 12.4. The van der Waals surface area contributed by atoms with E-state index in [1.807, 2.05) is 12.1 Å². The van der Waals surface area contributed by atoms with E-state index in [2.05, 4.69) is 16.0 Å². The van der Waals surface area contributed by atoms with Crippen molar-refractivity contribution in [3.63, 3.8) is 0 Å². The van der Waals surface area contributed by atoms with Gasteiger partial charge in [0.15, 0.2) is 0 Å². The van der Waals surface area contributed by atoms with Crippen LogP contribution in [0.2, 0.25) is 0 Å². The van der Waals surface area contributed by atoms with Gasteiger partial charge < -0.3 is 16.0 Å². The molecule has 1 heterocycles. The van der Waals surface area contributed by atoms with Crippen LogP contribution in [0.5, 0.6) is 0 Å². The van der Waals surface area contributed by atoms with Gasteiger partial charge in [-0.2, -0.15) is 0 Å². The van der Waals surface area contributed by atoms with Crippen LogP contribution in [-0.4, -0.2) is 32.0 Å². The van der Waals surface area contributed by atoms with Gasteiger partial charge in [-0.15, -0.1) is 0 Å². The van der Waals surface area contributed by atoms with Crippen LogP contribution in [0.25, 0.3) is 0 Å². The van der Waals surface area contributed by atoms with Crippen molar-refractivity contribution in [2.45, 2.75) is 25.8 Å². The first-order valence-electron chi connectivity index (χ1n) is 7.47. The van der Waals surface area contributed by atoms with Gasteiger partial charge >= 0.3 is 0 Å². The second kappa shape index (κ2) is 7.78. The SMILES string of the molecule is CNC(=O)c1cccc(CNC(=O)CCC2CCNC2)c1. The van der Waals surface area contributed by atoms with Crippen molar-refractivity contribution < 1.29 is 9.59 Å². The monoisotopic (exact) mass is 289 g/mol. The van der Waals surface area contributed by atoms with E-state index >= 15 is 0 Å². The Bertz CT molecular complexity index is 496. The maximum absolute atomic E-state index is 11.8. The topological polar surface area (TPSA) is 70.2 Å². The summed E-state index contributed by atoms with van der Waals surface area (Å²) in [6.07, 6.45) is 2.68. The number of hydrogen-bond donors (Lipinski definition) is 3. The minimum absolute atomic E-state index is 0.0762. The lowest BCUT2D eigenvalue weighted by molar-refractivity contribution is -0.121. The number of amides is 2. The van der Waals surface area contributed by atoms with Gasteiger partial charge in [0.1, 0.15) is 0 Å². The van der Waals surface area contributed by atoms with E-state index in [0.717, 1.165) is 25.1 Å². The molecule has 21 heavy (non-hydrogen) atoms. The third-order valence-electron chi connectivity index (χ3n) is 3.85. The Hall–Kier alpha value is -1.88. The molecule has 5 heteroatoms. The molecule has 5 nitrogen and oxygen atoms in total. The Morgan fingerprint density at radius 2 is 2.24 bits per heavy atom. The number of nitrogens with one attached hydrogen (secondary N) is 3. The molecule has 1 unspecified atom stereocenters. The van der Waals surface area contributed by atoms with Crippen LogP contribution in [-0.2, 0) is 11.3 Å². The first-order valence-corrected chi connectivity index (χ1v) is 7.47. The van der Waals surface area contributed by atoms with E-state index < -0.39 is 0 Å². The maximum atomic E-state index is 11.8. The first-order chi connectivity index (χ1) is 10.2. The van der Waals surface area contributed by atoms with E-state index in [9.17, 15) is 9.59 Å². The molecule has 1 saturated heterocycles. The Balaban J connectivity index is 1.76. The Morgan fingerprint density at radius 1 is 1.38 bits per heavy atom. The highest BCUT2D eigenvalue weighted by Crippen LogP contribution is 2.14. The highest BCUT2D eigenvalue weighted by Gasteiger charge is 2.15. The van der Waals surface area contributed by atoms with Crippen molar-refractivity contribution >= 4 is 11.8 Å². The summed E-state index contributed by atoms with van der Waals surface area (Å²) in [6.45, 7) is 2.56. The molecule has 2 rings (SSSR count). The molecule has 1 atom stereocenters. The van der Waals surface area contributed by atoms with Crippen molar-refractivity contribution in [1.82, 2.24) is 16.0 Å². The molecule has 1 fully saturated rings. The number of rotatable bonds is 6. The molecular formula is C16H23N3O2. The minimum atomic E-state index is -0.114. The molecule has 3 N–H and O–H groups in total. The summed E-state index contributed by atoms with van der Waals surface area (Å²) in [5.74, 6) is 0.594. The Kier molecular flexibility index (Phi) is 5.75. The molecular weight excluding hydrogens is 266 g/mol. The van der Waals surface area contributed by atoms with Gasteiger partial charge in [-0.1, -0.05) is 12.1 Å². The van der Waals surface area contributed by atoms with Gasteiger partial charge in [0.25, 0.3) is 5.91 Å². The van der Waals surface area contributed by atoms with E-state index in [1.165, 1.54) is 6.42 Å². The summed E-state index contributed by atoms with van der Waals surface area (Å²) in [4.78, 5) is 23.4. The molecule has 0 aliphatic carbocycles. The van der Waals surface area contributed by atoms with Crippen molar-refractivity contribution in [2.75, 3.05) is 20.1 Å². The number of carbonyl (C=O) groups excluding carboxylic acids is 2. The summed E-state index contributed by atoms with van der Waals surface area (Å²) in [5.41, 5.74) is 1.55. The molecule has 0 spiro atoms. The van der Waals surface area contributed by atoms with Gasteiger partial charge in [-0.05, 0) is 49.5 Å². The lowest BCUT2D eigenvalue weighted by atomic mass is 10.0. The van der Waals surface area contributed by atoms with Gasteiger partial charge in [-0.3, -0.25) is 9.59 Å². The van der Waals surface area contributed by atoms with Gasteiger partial charge in [0.2, 0.25) is 5.91 Å². The first kappa shape index (κ1) is 15.5. The van der Waals surface area contributed by atoms with Gasteiger partial charge in [0.05, 0.1) is 0 Å². The Labute approximate surface area is 125 Å². The molecule has 2 amide bonds. The molecule has 114 valence electrons. The fourth-order valence-electron chi connectivity index (χ4n) is 2.55. The lowest BCUT2D eigenvalue weighted by Gasteiger charge is -2.09. The fraction of sp³-hybridized carbons (Fsp3) is 0.500.